The highest BCUT2D eigenvalue weighted by molar-refractivity contribution is 5.20. The molecule has 118 valence electrons. The summed E-state index contributed by atoms with van der Waals surface area (Å²) in [4.78, 5) is 9.15. The van der Waals surface area contributed by atoms with Crippen molar-refractivity contribution in [2.45, 2.75) is 19.5 Å². The zero-order chi connectivity index (χ0) is 15.5. The Morgan fingerprint density at radius 2 is 1.91 bits per heavy atom. The first-order valence-corrected chi connectivity index (χ1v) is 7.82. The monoisotopic (exact) mass is 302 g/mol. The van der Waals surface area contributed by atoms with Crippen LogP contribution in [0.2, 0.25) is 0 Å². The lowest BCUT2D eigenvalue weighted by molar-refractivity contribution is 0.0944. The molecule has 3 rings (SSSR count). The molecule has 0 aliphatic carbocycles. The number of hydrogen-bond donors (Lipinski definition) is 0. The second-order valence-electron chi connectivity index (χ2n) is 5.96. The Morgan fingerprint density at radius 1 is 1.18 bits per heavy atom. The van der Waals surface area contributed by atoms with E-state index in [1.54, 1.807) is 12.1 Å². The minimum atomic E-state index is -0.106. The van der Waals surface area contributed by atoms with Gasteiger partial charge in [-0.2, -0.15) is 0 Å². The molecule has 1 aromatic carbocycles. The Balaban J connectivity index is 1.57. The summed E-state index contributed by atoms with van der Waals surface area (Å²) in [5.74, 6) is 0.987. The van der Waals surface area contributed by atoms with Crippen molar-refractivity contribution in [3.05, 3.63) is 53.9 Å². The molecule has 5 heteroatoms. The first-order valence-electron chi connectivity index (χ1n) is 7.82. The Bertz CT molecular complexity index is 617. The number of imidazole rings is 1. The smallest absolute Gasteiger partial charge is 0.127 e. The van der Waals surface area contributed by atoms with E-state index in [-0.39, 0.29) is 11.9 Å². The van der Waals surface area contributed by atoms with E-state index in [1.807, 2.05) is 31.6 Å². The van der Waals surface area contributed by atoms with Crippen molar-refractivity contribution < 1.29 is 4.39 Å². The summed E-state index contributed by atoms with van der Waals surface area (Å²) in [6.07, 6.45) is 3.82. The molecular formula is C17H23FN4. The topological polar surface area (TPSA) is 24.3 Å². The fourth-order valence-corrected chi connectivity index (χ4v) is 3.07. The molecule has 1 aliphatic heterocycles. The van der Waals surface area contributed by atoms with Crippen LogP contribution in [0.15, 0.2) is 36.7 Å². The van der Waals surface area contributed by atoms with Crippen molar-refractivity contribution in [3.63, 3.8) is 0 Å². The van der Waals surface area contributed by atoms with Gasteiger partial charge in [0.05, 0.1) is 6.54 Å². The van der Waals surface area contributed by atoms with Crippen LogP contribution in [0.3, 0.4) is 0 Å². The molecule has 1 saturated heterocycles. The fraction of sp³-hybridized carbons (Fsp3) is 0.471. The summed E-state index contributed by atoms with van der Waals surface area (Å²) >= 11 is 0. The molecular weight excluding hydrogens is 279 g/mol. The summed E-state index contributed by atoms with van der Waals surface area (Å²) in [6.45, 7) is 6.87. The van der Waals surface area contributed by atoms with Crippen LogP contribution in [0.25, 0.3) is 0 Å². The Morgan fingerprint density at radius 3 is 2.55 bits per heavy atom. The highest BCUT2D eigenvalue weighted by Crippen LogP contribution is 2.24. The van der Waals surface area contributed by atoms with Gasteiger partial charge in [0.1, 0.15) is 11.6 Å². The highest BCUT2D eigenvalue weighted by Gasteiger charge is 2.24. The molecule has 22 heavy (non-hydrogen) atoms. The van der Waals surface area contributed by atoms with Gasteiger partial charge in [0.2, 0.25) is 0 Å². The van der Waals surface area contributed by atoms with Gasteiger partial charge in [-0.25, -0.2) is 9.37 Å². The molecule has 0 saturated carbocycles. The maximum atomic E-state index is 13.9. The summed E-state index contributed by atoms with van der Waals surface area (Å²) in [6, 6.07) is 7.21. The van der Waals surface area contributed by atoms with Crippen molar-refractivity contribution in [2.75, 3.05) is 26.2 Å². The molecule has 1 aliphatic rings. The lowest BCUT2D eigenvalue weighted by atomic mass is 10.1. The molecule has 0 bridgehead atoms. The van der Waals surface area contributed by atoms with Crippen LogP contribution in [0, 0.1) is 5.82 Å². The van der Waals surface area contributed by atoms with Gasteiger partial charge in [-0.3, -0.25) is 9.80 Å². The Kier molecular flexibility index (Phi) is 4.55. The zero-order valence-electron chi connectivity index (χ0n) is 13.2. The average Bonchev–Trinajstić information content (AvgIpc) is 2.93. The molecule has 1 atom stereocenters. The lowest BCUT2D eigenvalue weighted by Crippen LogP contribution is -2.47. The van der Waals surface area contributed by atoms with Crippen LogP contribution >= 0.6 is 0 Å². The summed E-state index contributed by atoms with van der Waals surface area (Å²) in [5, 5.41) is 0. The molecule has 1 unspecified atom stereocenters. The summed E-state index contributed by atoms with van der Waals surface area (Å²) in [7, 11) is 2.03. The summed E-state index contributed by atoms with van der Waals surface area (Å²) < 4.78 is 16.0. The van der Waals surface area contributed by atoms with E-state index in [4.69, 9.17) is 0 Å². The second kappa shape index (κ2) is 6.58. The van der Waals surface area contributed by atoms with Crippen LogP contribution in [0.4, 0.5) is 4.39 Å². The Hall–Kier alpha value is -1.72. The molecule has 0 spiro atoms. The van der Waals surface area contributed by atoms with Crippen molar-refractivity contribution in [3.8, 4) is 0 Å². The number of benzene rings is 1. The van der Waals surface area contributed by atoms with E-state index in [0.29, 0.717) is 0 Å². The maximum Gasteiger partial charge on any atom is 0.127 e. The molecule has 1 aromatic heterocycles. The van der Waals surface area contributed by atoms with E-state index in [9.17, 15) is 4.39 Å². The summed E-state index contributed by atoms with van der Waals surface area (Å²) in [5.41, 5.74) is 0.792. The predicted molar refractivity (Wildman–Crippen MR) is 84.9 cm³/mol. The second-order valence-corrected chi connectivity index (χ2v) is 5.96. The molecule has 0 radical (unpaired) electrons. The lowest BCUT2D eigenvalue weighted by Gasteiger charge is -2.38. The number of aryl methyl sites for hydroxylation is 1. The van der Waals surface area contributed by atoms with Gasteiger partial charge >= 0.3 is 0 Å². The van der Waals surface area contributed by atoms with Gasteiger partial charge in [-0.05, 0) is 13.0 Å². The van der Waals surface area contributed by atoms with Crippen molar-refractivity contribution in [1.82, 2.24) is 19.4 Å². The normalized spacial score (nSPS) is 18.5. The van der Waals surface area contributed by atoms with E-state index in [2.05, 4.69) is 26.3 Å². The SMILES string of the molecule is CC(c1ccccc1F)N1CCN(Cc2nccn2C)CC1. The largest absolute Gasteiger partial charge is 0.337 e. The first-order chi connectivity index (χ1) is 10.6. The third-order valence-corrected chi connectivity index (χ3v) is 4.60. The third kappa shape index (κ3) is 3.20. The molecule has 0 amide bonds. The number of halogens is 1. The van der Waals surface area contributed by atoms with Gasteiger partial charge in [0.25, 0.3) is 0 Å². The third-order valence-electron chi connectivity index (χ3n) is 4.60. The van der Waals surface area contributed by atoms with Gasteiger partial charge in [0.15, 0.2) is 0 Å². The standard InChI is InChI=1S/C17H23FN4/c1-14(15-5-3-4-6-16(15)18)22-11-9-21(10-12-22)13-17-19-7-8-20(17)2/h3-8,14H,9-13H2,1-2H3. The van der Waals surface area contributed by atoms with Crippen molar-refractivity contribution in [2.24, 2.45) is 7.05 Å². The number of hydrogen-bond acceptors (Lipinski definition) is 3. The van der Waals surface area contributed by atoms with Crippen LogP contribution in [-0.2, 0) is 13.6 Å². The molecule has 1 fully saturated rings. The number of nitrogens with zero attached hydrogens (tertiary/aromatic N) is 4. The zero-order valence-corrected chi connectivity index (χ0v) is 13.2. The number of aromatic nitrogens is 2. The molecule has 4 nitrogen and oxygen atoms in total. The van der Waals surface area contributed by atoms with Gasteiger partial charge in [-0.1, -0.05) is 18.2 Å². The first kappa shape index (κ1) is 15.2. The molecule has 0 N–H and O–H groups in total. The number of rotatable bonds is 4. The van der Waals surface area contributed by atoms with Gasteiger partial charge in [0, 0.05) is 57.2 Å². The quantitative estimate of drug-likeness (QED) is 0.867. The molecule has 2 heterocycles. The van der Waals surface area contributed by atoms with Crippen molar-refractivity contribution in [1.29, 1.82) is 0 Å². The molecule has 2 aromatic rings. The predicted octanol–water partition coefficient (Wildman–Crippen LogP) is 2.44. The highest BCUT2D eigenvalue weighted by atomic mass is 19.1. The van der Waals surface area contributed by atoms with Crippen LogP contribution in [-0.4, -0.2) is 45.5 Å². The minimum Gasteiger partial charge on any atom is -0.337 e. The fourth-order valence-electron chi connectivity index (χ4n) is 3.07. The van der Waals surface area contributed by atoms with Crippen molar-refractivity contribution >= 4 is 0 Å². The van der Waals surface area contributed by atoms with E-state index in [1.165, 1.54) is 0 Å². The van der Waals surface area contributed by atoms with Crippen LogP contribution < -0.4 is 0 Å². The van der Waals surface area contributed by atoms with E-state index >= 15 is 0 Å². The Labute approximate surface area is 131 Å². The van der Waals surface area contributed by atoms with E-state index < -0.39 is 0 Å². The van der Waals surface area contributed by atoms with Gasteiger partial charge in [-0.15, -0.1) is 0 Å². The maximum absolute atomic E-state index is 13.9. The van der Waals surface area contributed by atoms with E-state index in [0.717, 1.165) is 44.1 Å². The number of piperazine rings is 1. The van der Waals surface area contributed by atoms with Crippen LogP contribution in [0.5, 0.6) is 0 Å². The van der Waals surface area contributed by atoms with Crippen LogP contribution in [0.1, 0.15) is 24.4 Å². The average molecular weight is 302 g/mol. The van der Waals surface area contributed by atoms with Gasteiger partial charge < -0.3 is 4.57 Å². The minimum absolute atomic E-state index is 0.106.